The van der Waals surface area contributed by atoms with Crippen LogP contribution in [0.1, 0.15) is 51.8 Å². The van der Waals surface area contributed by atoms with Crippen LogP contribution in [-0.2, 0) is 17.8 Å². The summed E-state index contributed by atoms with van der Waals surface area (Å²) in [5, 5.41) is 0.622. The highest BCUT2D eigenvalue weighted by molar-refractivity contribution is 6.30. The van der Waals surface area contributed by atoms with Gasteiger partial charge in [0.15, 0.2) is 17.3 Å². The van der Waals surface area contributed by atoms with E-state index in [1.54, 1.807) is 18.3 Å². The normalized spacial score (nSPS) is 11.0. The smallest absolute Gasteiger partial charge is 0.330 e. The van der Waals surface area contributed by atoms with E-state index in [9.17, 15) is 14.4 Å². The maximum absolute atomic E-state index is 13.2. The van der Waals surface area contributed by atoms with Gasteiger partial charge in [0.25, 0.3) is 5.56 Å². The van der Waals surface area contributed by atoms with Crippen LogP contribution >= 0.6 is 11.6 Å². The maximum atomic E-state index is 13.2. The lowest BCUT2D eigenvalue weighted by molar-refractivity contribution is -0.118. The molecule has 0 unspecified atom stereocenters. The zero-order valence-corrected chi connectivity index (χ0v) is 20.2. The predicted molar refractivity (Wildman–Crippen MR) is 133 cm³/mol. The van der Waals surface area contributed by atoms with E-state index >= 15 is 0 Å². The number of nitrogens with one attached hydrogen (secondary N) is 1. The average Bonchev–Trinajstić information content (AvgIpc) is 3.29. The maximum Gasteiger partial charge on any atom is 0.330 e. The molecule has 0 radical (unpaired) electrons. The molecule has 2 aromatic heterocycles. The summed E-state index contributed by atoms with van der Waals surface area (Å²) in [7, 11) is 0. The standard InChI is InChI=1S/C24H30ClN5O4/c1-3-5-13-29(21-22(26)30(14-6-4-2)24(33)28-23(21)32)20(31)12-11-19-27-15-18(34-19)16-7-9-17(25)10-8-16/h7-10,15H,3-6,11-14,26H2,1-2H3,(H,28,32,33). The molecule has 0 saturated carbocycles. The first-order valence-electron chi connectivity index (χ1n) is 11.5. The summed E-state index contributed by atoms with van der Waals surface area (Å²) in [5.41, 5.74) is 5.84. The summed E-state index contributed by atoms with van der Waals surface area (Å²) >= 11 is 5.93. The molecule has 34 heavy (non-hydrogen) atoms. The number of carbonyl (C=O) groups is 1. The summed E-state index contributed by atoms with van der Waals surface area (Å²) in [6.45, 7) is 4.66. The number of rotatable bonds is 11. The summed E-state index contributed by atoms with van der Waals surface area (Å²) in [4.78, 5) is 46.1. The quantitative estimate of drug-likeness (QED) is 0.421. The van der Waals surface area contributed by atoms with E-state index < -0.39 is 11.2 Å². The van der Waals surface area contributed by atoms with Crippen LogP contribution in [0.25, 0.3) is 11.3 Å². The topological polar surface area (TPSA) is 127 Å². The minimum absolute atomic E-state index is 0.00722. The molecule has 0 spiro atoms. The molecule has 182 valence electrons. The summed E-state index contributed by atoms with van der Waals surface area (Å²) in [6.07, 6.45) is 5.00. The minimum atomic E-state index is -0.666. The zero-order chi connectivity index (χ0) is 24.7. The summed E-state index contributed by atoms with van der Waals surface area (Å²) in [6, 6.07) is 7.17. The largest absolute Gasteiger partial charge is 0.441 e. The highest BCUT2D eigenvalue weighted by Crippen LogP contribution is 2.24. The van der Waals surface area contributed by atoms with Gasteiger partial charge >= 0.3 is 5.69 Å². The van der Waals surface area contributed by atoms with Crippen molar-refractivity contribution < 1.29 is 9.21 Å². The first-order valence-corrected chi connectivity index (χ1v) is 11.9. The van der Waals surface area contributed by atoms with Crippen LogP contribution in [0, 0.1) is 0 Å². The Bertz CT molecular complexity index is 1230. The number of hydrogen-bond donors (Lipinski definition) is 2. The van der Waals surface area contributed by atoms with Gasteiger partial charge in [0.2, 0.25) is 5.91 Å². The molecule has 2 heterocycles. The Morgan fingerprint density at radius 2 is 1.88 bits per heavy atom. The third kappa shape index (κ3) is 5.96. The number of unbranched alkanes of at least 4 members (excludes halogenated alkanes) is 2. The third-order valence-corrected chi connectivity index (χ3v) is 5.74. The van der Waals surface area contributed by atoms with Gasteiger partial charge in [-0.3, -0.25) is 19.1 Å². The number of amides is 1. The van der Waals surface area contributed by atoms with Crippen LogP contribution in [0.5, 0.6) is 0 Å². The monoisotopic (exact) mass is 487 g/mol. The van der Waals surface area contributed by atoms with Crippen molar-refractivity contribution in [2.45, 2.75) is 58.9 Å². The van der Waals surface area contributed by atoms with Crippen LogP contribution in [0.15, 0.2) is 44.5 Å². The molecule has 10 heteroatoms. The van der Waals surface area contributed by atoms with Gasteiger partial charge in [0, 0.05) is 36.5 Å². The van der Waals surface area contributed by atoms with E-state index in [4.69, 9.17) is 21.8 Å². The van der Waals surface area contributed by atoms with E-state index in [0.717, 1.165) is 24.8 Å². The molecule has 3 rings (SSSR count). The van der Waals surface area contributed by atoms with E-state index in [1.165, 1.54) is 9.47 Å². The molecule has 0 bridgehead atoms. The number of hydrogen-bond acceptors (Lipinski definition) is 6. The number of aryl methyl sites for hydroxylation is 1. The van der Waals surface area contributed by atoms with Gasteiger partial charge in [-0.05, 0) is 37.1 Å². The summed E-state index contributed by atoms with van der Waals surface area (Å²) < 4.78 is 7.11. The lowest BCUT2D eigenvalue weighted by Gasteiger charge is -2.24. The fraction of sp³-hybridized carbons (Fsp3) is 0.417. The fourth-order valence-electron chi connectivity index (χ4n) is 3.58. The van der Waals surface area contributed by atoms with Crippen LogP contribution in [0.2, 0.25) is 5.02 Å². The molecule has 3 N–H and O–H groups in total. The number of aromatic amines is 1. The predicted octanol–water partition coefficient (Wildman–Crippen LogP) is 3.99. The highest BCUT2D eigenvalue weighted by atomic mass is 35.5. The number of carbonyl (C=O) groups excluding carboxylic acids is 1. The lowest BCUT2D eigenvalue weighted by Crippen LogP contribution is -2.41. The van der Waals surface area contributed by atoms with Crippen LogP contribution in [-0.4, -0.2) is 27.0 Å². The molecule has 0 saturated heterocycles. The SMILES string of the molecule is CCCCN(C(=O)CCc1ncc(-c2ccc(Cl)cc2)o1)c1c(N)n(CCCC)c(=O)[nH]c1=O. The Kier molecular flexibility index (Phi) is 8.70. The van der Waals surface area contributed by atoms with Crippen LogP contribution in [0.3, 0.4) is 0 Å². The third-order valence-electron chi connectivity index (χ3n) is 5.49. The molecule has 0 aliphatic carbocycles. The van der Waals surface area contributed by atoms with E-state index in [2.05, 4.69) is 9.97 Å². The molecule has 3 aromatic rings. The Morgan fingerprint density at radius 1 is 1.18 bits per heavy atom. The highest BCUT2D eigenvalue weighted by Gasteiger charge is 2.24. The van der Waals surface area contributed by atoms with Gasteiger partial charge in [0.1, 0.15) is 5.82 Å². The number of nitrogen functional groups attached to an aromatic ring is 1. The molecule has 9 nitrogen and oxygen atoms in total. The van der Waals surface area contributed by atoms with Crippen molar-refractivity contribution in [3.63, 3.8) is 0 Å². The van der Waals surface area contributed by atoms with Gasteiger partial charge in [0.05, 0.1) is 6.20 Å². The molecular weight excluding hydrogens is 458 g/mol. The molecule has 1 aromatic carbocycles. The Morgan fingerprint density at radius 3 is 2.56 bits per heavy atom. The van der Waals surface area contributed by atoms with Gasteiger partial charge in [-0.1, -0.05) is 38.3 Å². The van der Waals surface area contributed by atoms with Crippen LogP contribution in [0.4, 0.5) is 11.5 Å². The number of aromatic nitrogens is 3. The van der Waals surface area contributed by atoms with Crippen molar-refractivity contribution in [2.75, 3.05) is 17.2 Å². The fourth-order valence-corrected chi connectivity index (χ4v) is 3.70. The van der Waals surface area contributed by atoms with Gasteiger partial charge in [-0.2, -0.15) is 0 Å². The molecule has 0 fully saturated rings. The van der Waals surface area contributed by atoms with E-state index in [1.807, 2.05) is 26.0 Å². The number of oxazole rings is 1. The molecule has 0 aliphatic heterocycles. The van der Waals surface area contributed by atoms with Gasteiger partial charge < -0.3 is 15.1 Å². The van der Waals surface area contributed by atoms with Crippen molar-refractivity contribution in [2.24, 2.45) is 0 Å². The second-order valence-corrected chi connectivity index (χ2v) is 8.46. The number of nitrogens with two attached hydrogens (primary N) is 1. The summed E-state index contributed by atoms with van der Waals surface area (Å²) in [5.74, 6) is 0.694. The second-order valence-electron chi connectivity index (χ2n) is 8.02. The molecular formula is C24H30ClN5O4. The van der Waals surface area contributed by atoms with Crippen LogP contribution < -0.4 is 21.9 Å². The zero-order valence-electron chi connectivity index (χ0n) is 19.5. The molecule has 0 atom stereocenters. The van der Waals surface area contributed by atoms with Crippen molar-refractivity contribution >= 4 is 29.0 Å². The number of anilines is 2. The number of benzene rings is 1. The average molecular weight is 488 g/mol. The number of halogens is 1. The number of nitrogens with zero attached hydrogens (tertiary/aromatic N) is 3. The lowest BCUT2D eigenvalue weighted by atomic mass is 10.2. The van der Waals surface area contributed by atoms with Gasteiger partial charge in [-0.25, -0.2) is 9.78 Å². The van der Waals surface area contributed by atoms with Crippen molar-refractivity contribution in [1.82, 2.24) is 14.5 Å². The van der Waals surface area contributed by atoms with Crippen molar-refractivity contribution in [3.05, 3.63) is 62.2 Å². The Labute approximate surface area is 202 Å². The van der Waals surface area contributed by atoms with Crippen molar-refractivity contribution in [3.8, 4) is 11.3 Å². The first kappa shape index (κ1) is 25.3. The van der Waals surface area contributed by atoms with Gasteiger partial charge in [-0.15, -0.1) is 0 Å². The minimum Gasteiger partial charge on any atom is -0.441 e. The molecule has 1 amide bonds. The number of H-pyrrole nitrogens is 1. The molecule has 0 aliphatic rings. The Balaban J connectivity index is 1.81. The Hall–Kier alpha value is -3.33. The van der Waals surface area contributed by atoms with Crippen molar-refractivity contribution in [1.29, 1.82) is 0 Å². The van der Waals surface area contributed by atoms with E-state index in [-0.39, 0.29) is 30.3 Å². The van der Waals surface area contributed by atoms with E-state index in [0.29, 0.717) is 36.2 Å². The first-order chi connectivity index (χ1) is 16.3. The second kappa shape index (κ2) is 11.7.